The molecule has 0 aliphatic heterocycles. The van der Waals surface area contributed by atoms with E-state index in [-0.39, 0.29) is 12.5 Å². The van der Waals surface area contributed by atoms with Gasteiger partial charge in [0.25, 0.3) is 0 Å². The van der Waals surface area contributed by atoms with Crippen molar-refractivity contribution < 1.29 is 14.6 Å². The fourth-order valence-corrected chi connectivity index (χ4v) is 5.53. The average Bonchev–Trinajstić information content (AvgIpc) is 3.25. The van der Waals surface area contributed by atoms with E-state index >= 15 is 0 Å². The van der Waals surface area contributed by atoms with E-state index in [9.17, 15) is 4.79 Å². The molecule has 1 aliphatic carbocycles. The van der Waals surface area contributed by atoms with Crippen LogP contribution in [0.25, 0.3) is 11.3 Å². The van der Waals surface area contributed by atoms with Crippen LogP contribution >= 0.6 is 11.3 Å². The zero-order chi connectivity index (χ0) is 21.9. The standard InChI is InChI=1S/C27H23NO3S/c29-26(30)17-31-23-13-7-12-21-20(23)14-15-24-27(21)28-25(32-24)16-22(18-8-3-1-4-9-18)19-10-5-2-6-11-19/h1-13,22H,14-17H2,(H,29,30). The molecule has 4 nitrogen and oxygen atoms in total. The number of thiazole rings is 1. The first-order chi connectivity index (χ1) is 15.7. The first-order valence-corrected chi connectivity index (χ1v) is 11.6. The summed E-state index contributed by atoms with van der Waals surface area (Å²) in [6.07, 6.45) is 2.57. The Bertz CT molecular complexity index is 1200. The number of nitrogens with zero attached hydrogens (tertiary/aromatic N) is 1. The van der Waals surface area contributed by atoms with Gasteiger partial charge in [0.1, 0.15) is 5.75 Å². The molecular formula is C27H23NO3S. The van der Waals surface area contributed by atoms with E-state index in [1.807, 2.05) is 12.1 Å². The Morgan fingerprint density at radius 3 is 2.28 bits per heavy atom. The number of rotatable bonds is 7. The van der Waals surface area contributed by atoms with Crippen molar-refractivity contribution in [2.75, 3.05) is 6.61 Å². The number of carbonyl (C=O) groups is 1. The number of aromatic nitrogens is 1. The van der Waals surface area contributed by atoms with Crippen LogP contribution in [0.4, 0.5) is 0 Å². The third-order valence-electron chi connectivity index (χ3n) is 5.87. The van der Waals surface area contributed by atoms with E-state index in [0.717, 1.165) is 41.1 Å². The maximum Gasteiger partial charge on any atom is 0.341 e. The summed E-state index contributed by atoms with van der Waals surface area (Å²) < 4.78 is 5.54. The van der Waals surface area contributed by atoms with Gasteiger partial charge in [0.2, 0.25) is 0 Å². The highest BCUT2D eigenvalue weighted by atomic mass is 32.1. The molecule has 32 heavy (non-hydrogen) atoms. The Kier molecular flexibility index (Phi) is 5.73. The molecule has 3 aromatic carbocycles. The first-order valence-electron chi connectivity index (χ1n) is 10.7. The second-order valence-electron chi connectivity index (χ2n) is 7.92. The fraction of sp³-hybridized carbons (Fsp3) is 0.185. The number of hydrogen-bond acceptors (Lipinski definition) is 4. The molecule has 5 rings (SSSR count). The van der Waals surface area contributed by atoms with Crippen molar-refractivity contribution >= 4 is 17.3 Å². The number of hydrogen-bond donors (Lipinski definition) is 1. The van der Waals surface area contributed by atoms with Crippen molar-refractivity contribution in [1.82, 2.24) is 4.98 Å². The molecule has 0 atom stereocenters. The van der Waals surface area contributed by atoms with Crippen molar-refractivity contribution in [3.05, 3.63) is 105 Å². The van der Waals surface area contributed by atoms with Gasteiger partial charge in [0.05, 0.1) is 10.7 Å². The number of carboxylic acid groups (broad SMARTS) is 1. The Morgan fingerprint density at radius 2 is 1.62 bits per heavy atom. The van der Waals surface area contributed by atoms with Gasteiger partial charge in [-0.05, 0) is 30.0 Å². The molecule has 1 aromatic heterocycles. The lowest BCUT2D eigenvalue weighted by molar-refractivity contribution is -0.139. The van der Waals surface area contributed by atoms with Gasteiger partial charge in [0, 0.05) is 28.3 Å². The molecule has 0 saturated heterocycles. The van der Waals surface area contributed by atoms with Gasteiger partial charge in [-0.1, -0.05) is 72.8 Å². The van der Waals surface area contributed by atoms with E-state index in [2.05, 4.69) is 66.7 Å². The molecule has 0 amide bonds. The van der Waals surface area contributed by atoms with Crippen LogP contribution in [-0.2, 0) is 24.1 Å². The van der Waals surface area contributed by atoms with Gasteiger partial charge < -0.3 is 9.84 Å². The highest BCUT2D eigenvalue weighted by Crippen LogP contribution is 2.41. The zero-order valence-corrected chi connectivity index (χ0v) is 18.3. The highest BCUT2D eigenvalue weighted by Gasteiger charge is 2.25. The summed E-state index contributed by atoms with van der Waals surface area (Å²) >= 11 is 1.79. The van der Waals surface area contributed by atoms with Crippen LogP contribution in [0.3, 0.4) is 0 Å². The predicted molar refractivity (Wildman–Crippen MR) is 127 cm³/mol. The molecule has 0 radical (unpaired) electrons. The summed E-state index contributed by atoms with van der Waals surface area (Å²) in [7, 11) is 0. The summed E-state index contributed by atoms with van der Waals surface area (Å²) in [6, 6.07) is 27.0. The lowest BCUT2D eigenvalue weighted by Crippen LogP contribution is -2.12. The molecule has 0 unspecified atom stereocenters. The number of aryl methyl sites for hydroxylation is 1. The van der Waals surface area contributed by atoms with Crippen LogP contribution in [-0.4, -0.2) is 22.7 Å². The van der Waals surface area contributed by atoms with Crippen LogP contribution in [0.2, 0.25) is 0 Å². The van der Waals surface area contributed by atoms with E-state index in [1.54, 1.807) is 11.3 Å². The van der Waals surface area contributed by atoms with Crippen LogP contribution in [0.1, 0.15) is 32.5 Å². The number of aliphatic carboxylic acids is 1. The molecule has 0 saturated carbocycles. The molecule has 0 spiro atoms. The second kappa shape index (κ2) is 8.97. The Balaban J connectivity index is 1.48. The number of carboxylic acids is 1. The maximum absolute atomic E-state index is 10.9. The van der Waals surface area contributed by atoms with Gasteiger partial charge in [-0.3, -0.25) is 0 Å². The minimum Gasteiger partial charge on any atom is -0.482 e. The quantitative estimate of drug-likeness (QED) is 0.397. The molecular weight excluding hydrogens is 418 g/mol. The SMILES string of the molecule is O=C(O)COc1cccc2c1CCc1sc(CC(c3ccccc3)c3ccccc3)nc1-2. The Labute approximate surface area is 191 Å². The fourth-order valence-electron chi connectivity index (χ4n) is 4.40. The van der Waals surface area contributed by atoms with Crippen LogP contribution in [0, 0.1) is 0 Å². The van der Waals surface area contributed by atoms with Gasteiger partial charge in [-0.15, -0.1) is 11.3 Å². The van der Waals surface area contributed by atoms with Crippen molar-refractivity contribution in [3.8, 4) is 17.0 Å². The lowest BCUT2D eigenvalue weighted by Gasteiger charge is -2.18. The Hall–Kier alpha value is -3.44. The van der Waals surface area contributed by atoms with E-state index in [4.69, 9.17) is 14.8 Å². The minimum atomic E-state index is -0.970. The molecule has 4 aromatic rings. The smallest absolute Gasteiger partial charge is 0.341 e. The monoisotopic (exact) mass is 441 g/mol. The zero-order valence-electron chi connectivity index (χ0n) is 17.5. The van der Waals surface area contributed by atoms with E-state index < -0.39 is 5.97 Å². The van der Waals surface area contributed by atoms with Gasteiger partial charge in [-0.2, -0.15) is 0 Å². The molecule has 1 aliphatic rings. The molecule has 1 heterocycles. The second-order valence-corrected chi connectivity index (χ2v) is 9.09. The third-order valence-corrected chi connectivity index (χ3v) is 7.00. The molecule has 1 N–H and O–H groups in total. The Morgan fingerprint density at radius 1 is 0.938 bits per heavy atom. The van der Waals surface area contributed by atoms with Crippen LogP contribution < -0.4 is 4.74 Å². The molecule has 160 valence electrons. The summed E-state index contributed by atoms with van der Waals surface area (Å²) in [4.78, 5) is 17.3. The number of benzene rings is 3. The van der Waals surface area contributed by atoms with Gasteiger partial charge in [0.15, 0.2) is 6.61 Å². The van der Waals surface area contributed by atoms with Crippen molar-refractivity contribution in [2.45, 2.75) is 25.2 Å². The van der Waals surface area contributed by atoms with E-state index in [0.29, 0.717) is 5.75 Å². The van der Waals surface area contributed by atoms with Crippen LogP contribution in [0.5, 0.6) is 5.75 Å². The number of ether oxygens (including phenoxy) is 1. The van der Waals surface area contributed by atoms with Crippen LogP contribution in [0.15, 0.2) is 78.9 Å². The van der Waals surface area contributed by atoms with Gasteiger partial charge >= 0.3 is 5.97 Å². The van der Waals surface area contributed by atoms with Crippen molar-refractivity contribution in [3.63, 3.8) is 0 Å². The number of fused-ring (bicyclic) bond motifs is 3. The van der Waals surface area contributed by atoms with Crippen molar-refractivity contribution in [1.29, 1.82) is 0 Å². The predicted octanol–water partition coefficient (Wildman–Crippen LogP) is 5.75. The summed E-state index contributed by atoms with van der Waals surface area (Å²) in [5.74, 6) is -0.0748. The molecule has 0 bridgehead atoms. The first kappa shape index (κ1) is 20.5. The molecule has 5 heteroatoms. The van der Waals surface area contributed by atoms with Crippen molar-refractivity contribution in [2.24, 2.45) is 0 Å². The summed E-state index contributed by atoms with van der Waals surface area (Å²) in [5.41, 5.74) is 5.72. The highest BCUT2D eigenvalue weighted by molar-refractivity contribution is 7.12. The molecule has 0 fully saturated rings. The largest absolute Gasteiger partial charge is 0.482 e. The van der Waals surface area contributed by atoms with E-state index in [1.165, 1.54) is 16.0 Å². The summed E-state index contributed by atoms with van der Waals surface area (Å²) in [5, 5.41) is 10.1. The normalized spacial score (nSPS) is 12.3. The lowest BCUT2D eigenvalue weighted by atomic mass is 9.89. The maximum atomic E-state index is 10.9. The topological polar surface area (TPSA) is 59.4 Å². The third kappa shape index (κ3) is 4.16. The van der Waals surface area contributed by atoms with Gasteiger partial charge in [-0.25, -0.2) is 9.78 Å². The average molecular weight is 442 g/mol. The minimum absolute atomic E-state index is 0.245. The summed E-state index contributed by atoms with van der Waals surface area (Å²) in [6.45, 7) is -0.332.